The Balaban J connectivity index is 1.75. The molecule has 3 aromatic rings. The van der Waals surface area contributed by atoms with Crippen LogP contribution in [0.2, 0.25) is 0 Å². The zero-order valence-electron chi connectivity index (χ0n) is 15.8. The van der Waals surface area contributed by atoms with Crippen molar-refractivity contribution < 1.29 is 14.0 Å². The van der Waals surface area contributed by atoms with E-state index in [4.69, 9.17) is 0 Å². The second kappa shape index (κ2) is 7.23. The van der Waals surface area contributed by atoms with E-state index in [9.17, 15) is 14.0 Å². The van der Waals surface area contributed by atoms with Crippen LogP contribution in [0.15, 0.2) is 36.4 Å². The zero-order chi connectivity index (χ0) is 19.7. The van der Waals surface area contributed by atoms with Gasteiger partial charge in [-0.25, -0.2) is 4.39 Å². The van der Waals surface area contributed by atoms with Gasteiger partial charge in [-0.2, -0.15) is 0 Å². The Morgan fingerprint density at radius 3 is 2.56 bits per heavy atom. The summed E-state index contributed by atoms with van der Waals surface area (Å²) >= 11 is 0. The minimum atomic E-state index is -0.434. The molecule has 0 radical (unpaired) electrons. The third kappa shape index (κ3) is 3.84. The van der Waals surface area contributed by atoms with Crippen molar-refractivity contribution in [1.82, 2.24) is 9.88 Å². The number of likely N-dealkylation sites (N-methyl/N-ethyl adjacent to an activating group) is 1. The van der Waals surface area contributed by atoms with Crippen LogP contribution in [0.4, 0.5) is 10.1 Å². The molecule has 0 atom stereocenters. The Kier molecular flexibility index (Phi) is 4.99. The number of halogens is 1. The van der Waals surface area contributed by atoms with Gasteiger partial charge in [0.15, 0.2) is 0 Å². The van der Waals surface area contributed by atoms with E-state index >= 15 is 0 Å². The fraction of sp³-hybridized carbons (Fsp3) is 0.238. The maximum Gasteiger partial charge on any atom is 0.270 e. The number of nitrogens with one attached hydrogen (secondary N) is 2. The number of amides is 2. The first-order chi connectivity index (χ1) is 12.8. The maximum atomic E-state index is 13.2. The van der Waals surface area contributed by atoms with Gasteiger partial charge in [-0.1, -0.05) is 12.1 Å². The van der Waals surface area contributed by atoms with E-state index in [1.54, 1.807) is 13.1 Å². The zero-order valence-corrected chi connectivity index (χ0v) is 15.8. The number of nitrogens with zero attached hydrogens (tertiary/aromatic N) is 1. The molecular weight excluding hydrogens is 345 g/mol. The Morgan fingerprint density at radius 2 is 1.85 bits per heavy atom. The van der Waals surface area contributed by atoms with Gasteiger partial charge in [0.25, 0.3) is 5.91 Å². The quantitative estimate of drug-likeness (QED) is 0.733. The number of aromatic amines is 1. The van der Waals surface area contributed by atoms with Crippen molar-refractivity contribution in [1.29, 1.82) is 0 Å². The molecule has 0 spiro atoms. The second-order valence-electron chi connectivity index (χ2n) is 6.83. The lowest BCUT2D eigenvalue weighted by Gasteiger charge is -2.16. The van der Waals surface area contributed by atoms with Gasteiger partial charge in [0.2, 0.25) is 5.91 Å². The number of aryl methyl sites for hydroxylation is 3. The highest BCUT2D eigenvalue weighted by Gasteiger charge is 2.19. The topological polar surface area (TPSA) is 65.2 Å². The fourth-order valence-electron chi connectivity index (χ4n) is 3.14. The molecule has 5 nitrogen and oxygen atoms in total. The standard InChI is InChI=1S/C21H22FN3O2/c1-12-8-13(2)17-10-18(24-20(17)14(12)3)21(27)25(4)11-19(26)23-16-7-5-6-15(22)9-16/h5-10,24H,11H2,1-4H3,(H,23,26). The lowest BCUT2D eigenvalue weighted by molar-refractivity contribution is -0.116. The second-order valence-corrected chi connectivity index (χ2v) is 6.83. The number of carbonyl (C=O) groups excluding carboxylic acids is 2. The van der Waals surface area contributed by atoms with Crippen molar-refractivity contribution in [2.45, 2.75) is 20.8 Å². The van der Waals surface area contributed by atoms with E-state index in [1.165, 1.54) is 23.1 Å². The molecule has 2 N–H and O–H groups in total. The average molecular weight is 367 g/mol. The smallest absolute Gasteiger partial charge is 0.270 e. The number of rotatable bonds is 4. The molecule has 1 aromatic heterocycles. The van der Waals surface area contributed by atoms with Crippen molar-refractivity contribution in [2.75, 3.05) is 18.9 Å². The highest BCUT2D eigenvalue weighted by atomic mass is 19.1. The van der Waals surface area contributed by atoms with Gasteiger partial charge in [-0.15, -0.1) is 0 Å². The number of hydrogen-bond donors (Lipinski definition) is 2. The predicted octanol–water partition coefficient (Wildman–Crippen LogP) is 3.94. The molecule has 0 aliphatic carbocycles. The molecule has 140 valence electrons. The van der Waals surface area contributed by atoms with E-state index in [0.29, 0.717) is 11.4 Å². The monoisotopic (exact) mass is 367 g/mol. The van der Waals surface area contributed by atoms with Gasteiger partial charge >= 0.3 is 0 Å². The number of anilines is 1. The van der Waals surface area contributed by atoms with E-state index in [2.05, 4.69) is 16.4 Å². The lowest BCUT2D eigenvalue weighted by Crippen LogP contribution is -2.35. The fourth-order valence-corrected chi connectivity index (χ4v) is 3.14. The van der Waals surface area contributed by atoms with Gasteiger partial charge in [-0.3, -0.25) is 9.59 Å². The molecule has 0 saturated carbocycles. The summed E-state index contributed by atoms with van der Waals surface area (Å²) in [5.41, 5.74) is 5.07. The number of fused-ring (bicyclic) bond motifs is 1. The summed E-state index contributed by atoms with van der Waals surface area (Å²) < 4.78 is 13.2. The maximum absolute atomic E-state index is 13.2. The Morgan fingerprint density at radius 1 is 1.11 bits per heavy atom. The summed E-state index contributed by atoms with van der Waals surface area (Å²) in [6.45, 7) is 5.92. The van der Waals surface area contributed by atoms with Crippen LogP contribution in [-0.2, 0) is 4.79 Å². The van der Waals surface area contributed by atoms with Crippen LogP contribution in [0.25, 0.3) is 10.9 Å². The van der Waals surface area contributed by atoms with Gasteiger partial charge in [0.1, 0.15) is 11.5 Å². The third-order valence-corrected chi connectivity index (χ3v) is 4.71. The SMILES string of the molecule is Cc1cc(C)c2cc(C(=O)N(C)CC(=O)Nc3cccc(F)c3)[nH]c2c1C. The number of carbonyl (C=O) groups is 2. The highest BCUT2D eigenvalue weighted by Crippen LogP contribution is 2.26. The van der Waals surface area contributed by atoms with Gasteiger partial charge in [-0.05, 0) is 61.7 Å². The van der Waals surface area contributed by atoms with Crippen molar-refractivity contribution in [2.24, 2.45) is 0 Å². The van der Waals surface area contributed by atoms with E-state index in [0.717, 1.165) is 27.6 Å². The average Bonchev–Trinajstić information content (AvgIpc) is 3.05. The number of aromatic nitrogens is 1. The van der Waals surface area contributed by atoms with Crippen molar-refractivity contribution in [3.63, 3.8) is 0 Å². The molecule has 6 heteroatoms. The van der Waals surface area contributed by atoms with Crippen molar-refractivity contribution >= 4 is 28.4 Å². The number of H-pyrrole nitrogens is 1. The van der Waals surface area contributed by atoms with Gasteiger partial charge < -0.3 is 15.2 Å². The summed E-state index contributed by atoms with van der Waals surface area (Å²) in [7, 11) is 1.56. The number of hydrogen-bond acceptors (Lipinski definition) is 2. The Bertz CT molecular complexity index is 1040. The first-order valence-electron chi connectivity index (χ1n) is 8.66. The van der Waals surface area contributed by atoms with Gasteiger partial charge in [0.05, 0.1) is 6.54 Å². The highest BCUT2D eigenvalue weighted by molar-refractivity contribution is 6.02. The first-order valence-corrected chi connectivity index (χ1v) is 8.66. The molecule has 2 aromatic carbocycles. The van der Waals surface area contributed by atoms with Crippen LogP contribution in [0, 0.1) is 26.6 Å². The summed E-state index contributed by atoms with van der Waals surface area (Å²) in [5.74, 6) is -1.11. The summed E-state index contributed by atoms with van der Waals surface area (Å²) in [5, 5.41) is 3.59. The normalized spacial score (nSPS) is 10.9. The Hall–Kier alpha value is -3.15. The molecule has 0 aliphatic heterocycles. The van der Waals surface area contributed by atoms with E-state index in [1.807, 2.05) is 26.8 Å². The van der Waals surface area contributed by atoms with Crippen molar-refractivity contribution in [3.05, 3.63) is 64.6 Å². The summed E-state index contributed by atoms with van der Waals surface area (Å²) in [6.07, 6.45) is 0. The molecular formula is C21H22FN3O2. The minimum absolute atomic E-state index is 0.137. The predicted molar refractivity (Wildman–Crippen MR) is 104 cm³/mol. The molecule has 0 saturated heterocycles. The molecule has 27 heavy (non-hydrogen) atoms. The molecule has 0 aliphatic rings. The van der Waals surface area contributed by atoms with E-state index in [-0.39, 0.29) is 12.5 Å². The third-order valence-electron chi connectivity index (χ3n) is 4.71. The molecule has 1 heterocycles. The Labute approximate surface area is 157 Å². The molecule has 0 unspecified atom stereocenters. The largest absolute Gasteiger partial charge is 0.350 e. The minimum Gasteiger partial charge on any atom is -0.350 e. The van der Waals surface area contributed by atoms with Crippen LogP contribution in [0.5, 0.6) is 0 Å². The van der Waals surface area contributed by atoms with Crippen LogP contribution in [0.3, 0.4) is 0 Å². The first kappa shape index (κ1) is 18.6. The molecule has 3 rings (SSSR count). The summed E-state index contributed by atoms with van der Waals surface area (Å²) in [4.78, 5) is 29.4. The van der Waals surface area contributed by atoms with Crippen molar-refractivity contribution in [3.8, 4) is 0 Å². The molecule has 0 fully saturated rings. The number of benzene rings is 2. The van der Waals surface area contributed by atoms with Crippen LogP contribution < -0.4 is 5.32 Å². The van der Waals surface area contributed by atoms with Crippen LogP contribution in [0.1, 0.15) is 27.2 Å². The van der Waals surface area contributed by atoms with Crippen LogP contribution in [-0.4, -0.2) is 35.3 Å². The van der Waals surface area contributed by atoms with Gasteiger partial charge in [0, 0.05) is 23.6 Å². The molecule has 0 bridgehead atoms. The van der Waals surface area contributed by atoms with Crippen LogP contribution >= 0.6 is 0 Å². The molecule has 2 amide bonds. The van der Waals surface area contributed by atoms with E-state index < -0.39 is 11.7 Å². The lowest BCUT2D eigenvalue weighted by atomic mass is 10.0. The summed E-state index contributed by atoms with van der Waals surface area (Å²) in [6, 6.07) is 9.54.